The Bertz CT molecular complexity index is 515. The number of hydrogen-bond acceptors (Lipinski definition) is 3. The van der Waals surface area contributed by atoms with Crippen molar-refractivity contribution in [2.24, 2.45) is 5.73 Å². The topological polar surface area (TPSA) is 55.6 Å². The second-order valence-corrected chi connectivity index (χ2v) is 6.49. The van der Waals surface area contributed by atoms with Gasteiger partial charge in [-0.2, -0.15) is 0 Å². The SMILES string of the molecule is Cl.NC1(C(=O)N2CCC(c3ccc(Cl)cc3)C2)CCOCC1. The number of nitrogens with zero attached hydrogens (tertiary/aromatic N) is 1. The molecule has 0 radical (unpaired) electrons. The van der Waals surface area contributed by atoms with Gasteiger partial charge in [-0.25, -0.2) is 0 Å². The van der Waals surface area contributed by atoms with Crippen molar-refractivity contribution >= 4 is 29.9 Å². The Hall–Kier alpha value is -0.810. The smallest absolute Gasteiger partial charge is 0.242 e. The molecule has 1 aromatic rings. The monoisotopic (exact) mass is 344 g/mol. The van der Waals surface area contributed by atoms with Crippen molar-refractivity contribution in [2.45, 2.75) is 30.7 Å². The number of nitrogens with two attached hydrogens (primary N) is 1. The van der Waals surface area contributed by atoms with Crippen LogP contribution in [-0.4, -0.2) is 42.6 Å². The van der Waals surface area contributed by atoms with Crippen molar-refractivity contribution in [1.82, 2.24) is 4.90 Å². The average Bonchev–Trinajstić information content (AvgIpc) is 2.97. The molecule has 6 heteroatoms. The highest BCUT2D eigenvalue weighted by Crippen LogP contribution is 2.30. The molecule has 1 unspecified atom stereocenters. The number of ether oxygens (including phenoxy) is 1. The normalized spacial score (nSPS) is 23.9. The van der Waals surface area contributed by atoms with E-state index in [2.05, 4.69) is 0 Å². The van der Waals surface area contributed by atoms with Crippen molar-refractivity contribution in [2.75, 3.05) is 26.3 Å². The van der Waals surface area contributed by atoms with E-state index >= 15 is 0 Å². The molecule has 3 rings (SSSR count). The number of halogens is 2. The zero-order chi connectivity index (χ0) is 14.9. The molecule has 0 spiro atoms. The second kappa shape index (κ2) is 7.18. The highest BCUT2D eigenvalue weighted by Gasteiger charge is 2.41. The second-order valence-electron chi connectivity index (χ2n) is 6.06. The van der Waals surface area contributed by atoms with E-state index in [1.165, 1.54) is 5.56 Å². The number of hydrogen-bond donors (Lipinski definition) is 1. The van der Waals surface area contributed by atoms with Crippen LogP contribution in [0.2, 0.25) is 5.02 Å². The van der Waals surface area contributed by atoms with Crippen LogP contribution >= 0.6 is 24.0 Å². The van der Waals surface area contributed by atoms with E-state index in [9.17, 15) is 4.79 Å². The first kappa shape index (κ1) is 17.5. The minimum atomic E-state index is -0.729. The fourth-order valence-electron chi connectivity index (χ4n) is 3.22. The lowest BCUT2D eigenvalue weighted by atomic mass is 9.89. The largest absolute Gasteiger partial charge is 0.381 e. The molecule has 2 aliphatic heterocycles. The van der Waals surface area contributed by atoms with Gasteiger partial charge in [0.2, 0.25) is 5.91 Å². The standard InChI is InChI=1S/C16H21ClN2O2.ClH/c17-14-3-1-12(2-4-14)13-5-8-19(11-13)15(20)16(18)6-9-21-10-7-16;/h1-4,13H,5-11,18H2;1H. The summed E-state index contributed by atoms with van der Waals surface area (Å²) in [5, 5.41) is 0.743. The van der Waals surface area contributed by atoms with Gasteiger partial charge in [0.15, 0.2) is 0 Å². The van der Waals surface area contributed by atoms with Crippen molar-refractivity contribution in [3.05, 3.63) is 34.9 Å². The number of carbonyl (C=O) groups excluding carboxylic acids is 1. The number of amides is 1. The van der Waals surface area contributed by atoms with E-state index in [0.717, 1.165) is 24.5 Å². The Morgan fingerprint density at radius 1 is 1.27 bits per heavy atom. The quantitative estimate of drug-likeness (QED) is 0.896. The maximum atomic E-state index is 12.7. The highest BCUT2D eigenvalue weighted by molar-refractivity contribution is 6.30. The van der Waals surface area contributed by atoms with Crippen LogP contribution in [-0.2, 0) is 9.53 Å². The molecule has 1 atom stereocenters. The van der Waals surface area contributed by atoms with Gasteiger partial charge in [0.25, 0.3) is 0 Å². The minimum absolute atomic E-state index is 0. The third kappa shape index (κ3) is 3.57. The summed E-state index contributed by atoms with van der Waals surface area (Å²) in [4.78, 5) is 14.6. The van der Waals surface area contributed by atoms with E-state index in [-0.39, 0.29) is 18.3 Å². The first-order chi connectivity index (χ1) is 10.1. The van der Waals surface area contributed by atoms with Crippen LogP contribution in [0, 0.1) is 0 Å². The molecular formula is C16H22Cl2N2O2. The Morgan fingerprint density at radius 3 is 2.55 bits per heavy atom. The number of benzene rings is 1. The highest BCUT2D eigenvalue weighted by atomic mass is 35.5. The molecule has 0 aromatic heterocycles. The molecule has 1 amide bonds. The fraction of sp³-hybridized carbons (Fsp3) is 0.562. The Morgan fingerprint density at radius 2 is 1.91 bits per heavy atom. The summed E-state index contributed by atoms with van der Waals surface area (Å²) >= 11 is 5.92. The van der Waals surface area contributed by atoms with E-state index in [0.29, 0.717) is 32.0 Å². The molecule has 2 N–H and O–H groups in total. The molecule has 122 valence electrons. The first-order valence-corrected chi connectivity index (χ1v) is 7.88. The van der Waals surface area contributed by atoms with Gasteiger partial charge in [0, 0.05) is 37.2 Å². The molecule has 1 aromatic carbocycles. The van der Waals surface area contributed by atoms with Crippen molar-refractivity contribution in [3.63, 3.8) is 0 Å². The van der Waals surface area contributed by atoms with Gasteiger partial charge in [0.05, 0.1) is 5.54 Å². The molecule has 22 heavy (non-hydrogen) atoms. The fourth-order valence-corrected chi connectivity index (χ4v) is 3.34. The van der Waals surface area contributed by atoms with Crippen molar-refractivity contribution in [1.29, 1.82) is 0 Å². The van der Waals surface area contributed by atoms with Gasteiger partial charge in [-0.05, 0) is 37.0 Å². The summed E-state index contributed by atoms with van der Waals surface area (Å²) in [5.74, 6) is 0.469. The molecule has 4 nitrogen and oxygen atoms in total. The van der Waals surface area contributed by atoms with E-state index in [1.807, 2.05) is 29.2 Å². The van der Waals surface area contributed by atoms with Gasteiger partial charge in [-0.1, -0.05) is 23.7 Å². The maximum absolute atomic E-state index is 12.7. The van der Waals surface area contributed by atoms with Crippen LogP contribution in [0.1, 0.15) is 30.7 Å². The van der Waals surface area contributed by atoms with Crippen LogP contribution in [0.15, 0.2) is 24.3 Å². The average molecular weight is 345 g/mol. The summed E-state index contributed by atoms with van der Waals surface area (Å²) in [6.07, 6.45) is 2.22. The number of carbonyl (C=O) groups is 1. The number of rotatable bonds is 2. The minimum Gasteiger partial charge on any atom is -0.381 e. The molecule has 0 saturated carbocycles. The van der Waals surface area contributed by atoms with E-state index in [1.54, 1.807) is 0 Å². The van der Waals surface area contributed by atoms with E-state index < -0.39 is 5.54 Å². The predicted molar refractivity (Wildman–Crippen MR) is 89.6 cm³/mol. The first-order valence-electron chi connectivity index (χ1n) is 7.50. The predicted octanol–water partition coefficient (Wildman–Crippen LogP) is 2.59. The zero-order valence-electron chi connectivity index (χ0n) is 12.5. The molecule has 2 saturated heterocycles. The maximum Gasteiger partial charge on any atom is 0.242 e. The Kier molecular flexibility index (Phi) is 5.72. The molecule has 0 aliphatic carbocycles. The van der Waals surface area contributed by atoms with Crippen molar-refractivity contribution in [3.8, 4) is 0 Å². The third-order valence-corrected chi connectivity index (χ3v) is 4.88. The molecule has 2 heterocycles. The summed E-state index contributed by atoms with van der Waals surface area (Å²) < 4.78 is 5.32. The summed E-state index contributed by atoms with van der Waals surface area (Å²) in [6, 6.07) is 7.91. The van der Waals surface area contributed by atoms with E-state index in [4.69, 9.17) is 22.1 Å². The lowest BCUT2D eigenvalue weighted by molar-refractivity contribution is -0.139. The zero-order valence-corrected chi connectivity index (χ0v) is 14.0. The van der Waals surface area contributed by atoms with Crippen LogP contribution in [0.5, 0.6) is 0 Å². The van der Waals surface area contributed by atoms with Gasteiger partial charge >= 0.3 is 0 Å². The molecule has 2 aliphatic rings. The third-order valence-electron chi connectivity index (χ3n) is 4.63. The van der Waals surface area contributed by atoms with Gasteiger partial charge < -0.3 is 15.4 Å². The van der Waals surface area contributed by atoms with Crippen molar-refractivity contribution < 1.29 is 9.53 Å². The molecule has 2 fully saturated rings. The van der Waals surface area contributed by atoms with Gasteiger partial charge in [0.1, 0.15) is 0 Å². The molecule has 0 bridgehead atoms. The van der Waals surface area contributed by atoms with Crippen LogP contribution in [0.25, 0.3) is 0 Å². The summed E-state index contributed by atoms with van der Waals surface area (Å²) in [6.45, 7) is 2.69. The number of likely N-dealkylation sites (tertiary alicyclic amines) is 1. The lowest BCUT2D eigenvalue weighted by Crippen LogP contribution is -2.57. The molecular weight excluding hydrogens is 323 g/mol. The lowest BCUT2D eigenvalue weighted by Gasteiger charge is -2.35. The van der Waals surface area contributed by atoms with Crippen LogP contribution in [0.4, 0.5) is 0 Å². The van der Waals surface area contributed by atoms with Crippen LogP contribution < -0.4 is 5.73 Å². The van der Waals surface area contributed by atoms with Gasteiger partial charge in [-0.3, -0.25) is 4.79 Å². The van der Waals surface area contributed by atoms with Gasteiger partial charge in [-0.15, -0.1) is 12.4 Å². The summed E-state index contributed by atoms with van der Waals surface area (Å²) in [7, 11) is 0. The van der Waals surface area contributed by atoms with Crippen LogP contribution in [0.3, 0.4) is 0 Å². The Labute approximate surface area is 142 Å². The Balaban J connectivity index is 0.00000176. The summed E-state index contributed by atoms with van der Waals surface area (Å²) in [5.41, 5.74) is 6.81.